The third-order valence-corrected chi connectivity index (χ3v) is 5.86. The predicted molar refractivity (Wildman–Crippen MR) is 128 cm³/mol. The summed E-state index contributed by atoms with van der Waals surface area (Å²) in [5.74, 6) is 2.94. The summed E-state index contributed by atoms with van der Waals surface area (Å²) in [5, 5.41) is 10.4. The number of aromatic nitrogens is 2. The molecule has 0 unspecified atom stereocenters. The van der Waals surface area contributed by atoms with E-state index < -0.39 is 0 Å². The lowest BCUT2D eigenvalue weighted by molar-refractivity contribution is -0.121. The highest BCUT2D eigenvalue weighted by Gasteiger charge is 2.26. The second-order valence-corrected chi connectivity index (χ2v) is 8.31. The van der Waals surface area contributed by atoms with E-state index in [1.165, 1.54) is 0 Å². The number of thioether (sulfide) groups is 1. The van der Waals surface area contributed by atoms with Crippen LogP contribution in [0, 0.1) is 0 Å². The van der Waals surface area contributed by atoms with Gasteiger partial charge in [-0.3, -0.25) is 9.59 Å². The van der Waals surface area contributed by atoms with Crippen LogP contribution in [-0.2, 0) is 22.8 Å². The maximum atomic E-state index is 13.3. The fourth-order valence-corrected chi connectivity index (χ4v) is 4.51. The number of carbonyl (C=O) groups is 2. The summed E-state index contributed by atoms with van der Waals surface area (Å²) >= 11 is 1.73. The monoisotopic (exact) mass is 476 g/mol. The van der Waals surface area contributed by atoms with Crippen molar-refractivity contribution in [2.24, 2.45) is 0 Å². The molecule has 0 spiro atoms. The third-order valence-electron chi connectivity index (χ3n) is 4.89. The molecular weight excluding hydrogens is 444 g/mol. The highest BCUT2D eigenvalue weighted by Crippen LogP contribution is 2.40. The lowest BCUT2D eigenvalue weighted by atomic mass is 10.1. The number of nitrogens with zero attached hydrogens (tertiary/aromatic N) is 2. The van der Waals surface area contributed by atoms with E-state index in [0.717, 1.165) is 29.2 Å². The predicted octanol–water partition coefficient (Wildman–Crippen LogP) is 3.60. The van der Waals surface area contributed by atoms with Gasteiger partial charge in [-0.1, -0.05) is 6.92 Å². The molecule has 0 atom stereocenters. The Morgan fingerprint density at radius 2 is 1.70 bits per heavy atom. The van der Waals surface area contributed by atoms with Crippen molar-refractivity contribution in [1.29, 1.82) is 0 Å². The largest absolute Gasteiger partial charge is 0.490 e. The molecule has 0 aliphatic carbocycles. The van der Waals surface area contributed by atoms with E-state index >= 15 is 0 Å². The van der Waals surface area contributed by atoms with Crippen molar-refractivity contribution in [3.8, 4) is 17.2 Å². The molecule has 0 saturated heterocycles. The smallest absolute Gasteiger partial charge is 0.257 e. The summed E-state index contributed by atoms with van der Waals surface area (Å²) in [6, 6.07) is 3.30. The zero-order valence-corrected chi connectivity index (χ0v) is 20.5. The Hall–Kier alpha value is -2.88. The summed E-state index contributed by atoms with van der Waals surface area (Å²) in [6.45, 7) is 9.53. The quantitative estimate of drug-likeness (QED) is 0.482. The zero-order chi connectivity index (χ0) is 23.8. The first-order valence-corrected chi connectivity index (χ1v) is 12.5. The molecule has 0 bridgehead atoms. The van der Waals surface area contributed by atoms with E-state index in [1.54, 1.807) is 28.6 Å². The van der Waals surface area contributed by atoms with Crippen molar-refractivity contribution in [3.63, 3.8) is 0 Å². The van der Waals surface area contributed by atoms with Crippen LogP contribution in [0.25, 0.3) is 0 Å². The zero-order valence-electron chi connectivity index (χ0n) is 19.7. The van der Waals surface area contributed by atoms with Gasteiger partial charge in [0, 0.05) is 29.2 Å². The Kier molecular flexibility index (Phi) is 8.87. The van der Waals surface area contributed by atoms with Crippen LogP contribution in [0.2, 0.25) is 0 Å². The molecule has 2 N–H and O–H groups in total. The van der Waals surface area contributed by atoms with Gasteiger partial charge >= 0.3 is 0 Å². The van der Waals surface area contributed by atoms with E-state index in [4.69, 9.17) is 14.2 Å². The number of carbonyl (C=O) groups excluding carboxylic acids is 2. The number of fused-ring (bicyclic) bond motifs is 1. The number of benzene rings is 1. The number of anilines is 1. The van der Waals surface area contributed by atoms with Gasteiger partial charge in [0.2, 0.25) is 11.7 Å². The minimum atomic E-state index is -0.338. The van der Waals surface area contributed by atoms with Crippen LogP contribution in [0.3, 0.4) is 0 Å². The highest BCUT2D eigenvalue weighted by atomic mass is 32.2. The van der Waals surface area contributed by atoms with Crippen molar-refractivity contribution in [3.05, 3.63) is 29.0 Å². The molecule has 0 saturated carbocycles. The molecule has 1 aromatic carbocycles. The molecule has 0 fully saturated rings. The Bertz CT molecular complexity index is 964. The number of ether oxygens (including phenoxy) is 3. The first-order chi connectivity index (χ1) is 16.0. The van der Waals surface area contributed by atoms with Crippen LogP contribution in [-0.4, -0.2) is 48.0 Å². The summed E-state index contributed by atoms with van der Waals surface area (Å²) in [4.78, 5) is 25.6. The number of nitrogens with one attached hydrogen (secondary N) is 2. The van der Waals surface area contributed by atoms with Crippen molar-refractivity contribution in [2.45, 2.75) is 52.2 Å². The molecule has 3 rings (SSSR count). The summed E-state index contributed by atoms with van der Waals surface area (Å²) in [7, 11) is 0. The Morgan fingerprint density at radius 1 is 1.03 bits per heavy atom. The fraction of sp³-hybridized carbons (Fsp3) is 0.522. The van der Waals surface area contributed by atoms with E-state index in [2.05, 4.69) is 15.7 Å². The van der Waals surface area contributed by atoms with Gasteiger partial charge in [0.05, 0.1) is 25.5 Å². The van der Waals surface area contributed by atoms with Gasteiger partial charge in [-0.2, -0.15) is 16.9 Å². The second-order valence-electron chi connectivity index (χ2n) is 7.33. The van der Waals surface area contributed by atoms with Crippen LogP contribution in [0.1, 0.15) is 55.7 Å². The molecule has 2 heterocycles. The van der Waals surface area contributed by atoms with Gasteiger partial charge < -0.3 is 24.8 Å². The Morgan fingerprint density at radius 3 is 2.30 bits per heavy atom. The minimum absolute atomic E-state index is 0.0466. The number of rotatable bonds is 12. The van der Waals surface area contributed by atoms with Crippen LogP contribution in [0.4, 0.5) is 5.82 Å². The van der Waals surface area contributed by atoms with Gasteiger partial charge in [0.25, 0.3) is 5.91 Å². The maximum Gasteiger partial charge on any atom is 0.257 e. The molecule has 1 aromatic heterocycles. The number of hydrogen-bond donors (Lipinski definition) is 2. The summed E-state index contributed by atoms with van der Waals surface area (Å²) in [5.41, 5.74) is 2.22. The fourth-order valence-electron chi connectivity index (χ4n) is 3.48. The van der Waals surface area contributed by atoms with Crippen molar-refractivity contribution in [1.82, 2.24) is 15.1 Å². The minimum Gasteiger partial charge on any atom is -0.490 e. The average Bonchev–Trinajstić information content (AvgIpc) is 3.37. The number of hydrogen-bond acceptors (Lipinski definition) is 7. The Balaban J connectivity index is 1.91. The average molecular weight is 477 g/mol. The van der Waals surface area contributed by atoms with Crippen molar-refractivity contribution < 1.29 is 23.8 Å². The van der Waals surface area contributed by atoms with Gasteiger partial charge in [0.1, 0.15) is 12.4 Å². The molecule has 1 aliphatic rings. The topological polar surface area (TPSA) is 104 Å². The molecule has 10 heteroatoms. The Labute approximate surface area is 198 Å². The molecule has 180 valence electrons. The summed E-state index contributed by atoms with van der Waals surface area (Å²) in [6.07, 6.45) is 0.851. The molecular formula is C23H32N4O5S. The van der Waals surface area contributed by atoms with Crippen molar-refractivity contribution in [2.75, 3.05) is 31.7 Å². The molecule has 2 aromatic rings. The lowest BCUT2D eigenvalue weighted by Crippen LogP contribution is -2.29. The van der Waals surface area contributed by atoms with E-state index in [9.17, 15) is 9.59 Å². The van der Waals surface area contributed by atoms with Crippen molar-refractivity contribution >= 4 is 29.4 Å². The summed E-state index contributed by atoms with van der Waals surface area (Å²) < 4.78 is 18.8. The molecule has 0 radical (unpaired) electrons. The van der Waals surface area contributed by atoms with Crippen LogP contribution in [0.15, 0.2) is 12.1 Å². The van der Waals surface area contributed by atoms with Crippen LogP contribution < -0.4 is 24.8 Å². The third kappa shape index (κ3) is 5.93. The van der Waals surface area contributed by atoms with Crippen LogP contribution in [0.5, 0.6) is 17.2 Å². The van der Waals surface area contributed by atoms with E-state index in [0.29, 0.717) is 55.0 Å². The second kappa shape index (κ2) is 11.8. The molecule has 2 amide bonds. The number of amides is 2. The van der Waals surface area contributed by atoms with Gasteiger partial charge in [0.15, 0.2) is 11.5 Å². The van der Waals surface area contributed by atoms with Gasteiger partial charge in [-0.05, 0) is 39.3 Å². The highest BCUT2D eigenvalue weighted by molar-refractivity contribution is 7.98. The maximum absolute atomic E-state index is 13.3. The van der Waals surface area contributed by atoms with Gasteiger partial charge in [-0.15, -0.1) is 0 Å². The molecule has 33 heavy (non-hydrogen) atoms. The molecule has 9 nitrogen and oxygen atoms in total. The molecule has 1 aliphatic heterocycles. The van der Waals surface area contributed by atoms with Gasteiger partial charge in [-0.25, -0.2) is 4.68 Å². The lowest BCUT2D eigenvalue weighted by Gasteiger charge is -2.17. The van der Waals surface area contributed by atoms with Crippen LogP contribution >= 0.6 is 11.8 Å². The standard InChI is InChI=1S/C23H32N4O5S/c1-5-9-24-20(28)12-27-22(16-13-33-14-17(16)26-27)25-23(29)15-10-18(30-6-2)21(32-8-4)19(11-15)31-7-3/h10-11H,5-9,12-14H2,1-4H3,(H,24,28)(H,25,29). The normalized spacial score (nSPS) is 12.2. The van der Waals surface area contributed by atoms with E-state index in [-0.39, 0.29) is 18.4 Å². The SMILES string of the molecule is CCCNC(=O)Cn1nc2c(c1NC(=O)c1cc(OCC)c(OCC)c(OCC)c1)CSC2. The first-order valence-electron chi connectivity index (χ1n) is 11.3. The first kappa shape index (κ1) is 24.8. The van der Waals surface area contributed by atoms with E-state index in [1.807, 2.05) is 27.7 Å².